The van der Waals surface area contributed by atoms with Gasteiger partial charge in [-0.15, -0.1) is 0 Å². The van der Waals surface area contributed by atoms with Crippen molar-refractivity contribution in [1.82, 2.24) is 0 Å². The Hall–Kier alpha value is -1.78. The Kier molecular flexibility index (Phi) is 3.75. The van der Waals surface area contributed by atoms with E-state index in [-0.39, 0.29) is 5.02 Å². The van der Waals surface area contributed by atoms with Crippen molar-refractivity contribution >= 4 is 23.0 Å². The van der Waals surface area contributed by atoms with Crippen LogP contribution in [-0.2, 0) is 0 Å². The van der Waals surface area contributed by atoms with Gasteiger partial charge in [-0.3, -0.25) is 0 Å². The number of rotatable bonds is 3. The Morgan fingerprint density at radius 3 is 2.82 bits per heavy atom. The number of anilines is 2. The van der Waals surface area contributed by atoms with Crippen LogP contribution in [0, 0.1) is 5.82 Å². The van der Waals surface area contributed by atoms with E-state index in [1.807, 2.05) is 18.2 Å². The van der Waals surface area contributed by atoms with E-state index in [0.29, 0.717) is 18.8 Å². The van der Waals surface area contributed by atoms with Crippen LogP contribution in [0.3, 0.4) is 0 Å². The fourth-order valence-corrected chi connectivity index (χ4v) is 2.90. The molecule has 22 heavy (non-hydrogen) atoms. The monoisotopic (exact) mass is 320 g/mol. The van der Waals surface area contributed by atoms with Crippen LogP contribution in [-0.4, -0.2) is 23.9 Å². The number of fused-ring (bicyclic) bond motifs is 1. The van der Waals surface area contributed by atoms with Gasteiger partial charge >= 0.3 is 0 Å². The van der Waals surface area contributed by atoms with Crippen molar-refractivity contribution in [2.24, 2.45) is 0 Å². The van der Waals surface area contributed by atoms with Crippen molar-refractivity contribution in [2.75, 3.05) is 23.4 Å². The minimum atomic E-state index is -0.777. The van der Waals surface area contributed by atoms with Gasteiger partial charge in [0.2, 0.25) is 0 Å². The van der Waals surface area contributed by atoms with Crippen LogP contribution in [0.5, 0.6) is 0 Å². The molecule has 0 atom stereocenters. The van der Waals surface area contributed by atoms with Gasteiger partial charge in [-0.05, 0) is 37.6 Å². The third-order valence-electron chi connectivity index (χ3n) is 3.64. The highest BCUT2D eigenvalue weighted by atomic mass is 35.5. The Bertz CT molecular complexity index is 712. The van der Waals surface area contributed by atoms with Crippen molar-refractivity contribution in [3.8, 4) is 11.1 Å². The molecule has 2 N–H and O–H groups in total. The summed E-state index contributed by atoms with van der Waals surface area (Å²) in [6, 6.07) is 10.7. The summed E-state index contributed by atoms with van der Waals surface area (Å²) >= 11 is 5.85. The topological polar surface area (TPSA) is 35.5 Å². The lowest BCUT2D eigenvalue weighted by Crippen LogP contribution is -2.38. The van der Waals surface area contributed by atoms with E-state index in [2.05, 4.69) is 10.2 Å². The summed E-state index contributed by atoms with van der Waals surface area (Å²) in [6.45, 7) is 4.71. The fourth-order valence-electron chi connectivity index (χ4n) is 2.72. The molecule has 116 valence electrons. The van der Waals surface area contributed by atoms with Crippen molar-refractivity contribution in [3.63, 3.8) is 0 Å². The van der Waals surface area contributed by atoms with Crippen LogP contribution in [0.25, 0.3) is 11.1 Å². The second-order valence-corrected chi connectivity index (χ2v) is 6.59. The number of nitrogens with one attached hydrogen (secondary N) is 1. The number of hydrogen-bond donors (Lipinski definition) is 2. The molecule has 0 aromatic heterocycles. The zero-order valence-electron chi connectivity index (χ0n) is 12.5. The highest BCUT2D eigenvalue weighted by molar-refractivity contribution is 6.31. The van der Waals surface area contributed by atoms with Crippen LogP contribution >= 0.6 is 11.6 Å². The van der Waals surface area contributed by atoms with Crippen molar-refractivity contribution in [3.05, 3.63) is 47.2 Å². The molecule has 0 saturated carbocycles. The summed E-state index contributed by atoms with van der Waals surface area (Å²) in [5.41, 5.74) is 2.42. The van der Waals surface area contributed by atoms with Gasteiger partial charge in [0.25, 0.3) is 0 Å². The minimum Gasteiger partial charge on any atom is -0.389 e. The summed E-state index contributed by atoms with van der Waals surface area (Å²) in [6.07, 6.45) is 0. The van der Waals surface area contributed by atoms with Gasteiger partial charge in [-0.2, -0.15) is 0 Å². The molecular formula is C17H18ClFN2O. The molecule has 0 amide bonds. The quantitative estimate of drug-likeness (QED) is 0.893. The van der Waals surface area contributed by atoms with Crippen LogP contribution in [0.2, 0.25) is 5.02 Å². The lowest BCUT2D eigenvalue weighted by atomic mass is 10.0. The molecule has 0 radical (unpaired) electrons. The Balaban J connectivity index is 1.95. The number of β-amino-alcohol motifs (C(OH)–C–C–N with tert-alkyl or cyclic N) is 1. The van der Waals surface area contributed by atoms with E-state index < -0.39 is 11.4 Å². The number of benzene rings is 2. The average Bonchev–Trinajstić information content (AvgIpc) is 2.82. The van der Waals surface area contributed by atoms with Crippen LogP contribution in [0.1, 0.15) is 13.8 Å². The second-order valence-electron chi connectivity index (χ2n) is 6.18. The number of halogens is 2. The van der Waals surface area contributed by atoms with Crippen molar-refractivity contribution < 1.29 is 9.50 Å². The summed E-state index contributed by atoms with van der Waals surface area (Å²) < 4.78 is 14.1. The second kappa shape index (κ2) is 5.45. The normalized spacial score (nSPS) is 14.0. The maximum atomic E-state index is 14.1. The number of nitrogens with zero attached hydrogens (tertiary/aromatic N) is 1. The molecule has 0 fully saturated rings. The van der Waals surface area contributed by atoms with E-state index in [1.54, 1.807) is 26.0 Å². The predicted molar refractivity (Wildman–Crippen MR) is 89.0 cm³/mol. The molecule has 2 aromatic carbocycles. The third kappa shape index (κ3) is 2.89. The molecule has 0 unspecified atom stereocenters. The molecule has 1 aliphatic heterocycles. The molecule has 3 rings (SSSR count). The maximum absolute atomic E-state index is 14.1. The lowest BCUT2D eigenvalue weighted by Gasteiger charge is -2.26. The Morgan fingerprint density at radius 1 is 1.32 bits per heavy atom. The van der Waals surface area contributed by atoms with E-state index >= 15 is 0 Å². The molecule has 0 aliphatic carbocycles. The summed E-state index contributed by atoms with van der Waals surface area (Å²) in [7, 11) is 0. The number of hydrogen-bond acceptors (Lipinski definition) is 3. The Labute approximate surface area is 134 Å². The molecule has 0 spiro atoms. The zero-order valence-corrected chi connectivity index (χ0v) is 13.3. The standard InChI is InChI=1S/C17H18ClFN2O/c1-17(2,22)9-21-10-20-14-8-11(6-7-15(14)21)12-4-3-5-13(18)16(12)19/h3-8,20,22H,9-10H2,1-2H3. The number of aliphatic hydroxyl groups is 1. The average molecular weight is 321 g/mol. The van der Waals surface area contributed by atoms with Gasteiger partial charge < -0.3 is 15.3 Å². The predicted octanol–water partition coefficient (Wildman–Crippen LogP) is 4.11. The smallest absolute Gasteiger partial charge is 0.149 e. The molecular weight excluding hydrogens is 303 g/mol. The third-order valence-corrected chi connectivity index (χ3v) is 3.93. The van der Waals surface area contributed by atoms with Crippen LogP contribution in [0.4, 0.5) is 15.8 Å². The van der Waals surface area contributed by atoms with Gasteiger partial charge in [0.15, 0.2) is 0 Å². The van der Waals surface area contributed by atoms with E-state index in [4.69, 9.17) is 11.6 Å². The minimum absolute atomic E-state index is 0.120. The highest BCUT2D eigenvalue weighted by Gasteiger charge is 2.25. The summed E-state index contributed by atoms with van der Waals surface area (Å²) in [4.78, 5) is 2.06. The largest absolute Gasteiger partial charge is 0.389 e. The van der Waals surface area contributed by atoms with Crippen molar-refractivity contribution in [2.45, 2.75) is 19.4 Å². The van der Waals surface area contributed by atoms with Crippen LogP contribution < -0.4 is 10.2 Å². The summed E-state index contributed by atoms with van der Waals surface area (Å²) in [5, 5.41) is 13.4. The fraction of sp³-hybridized carbons (Fsp3) is 0.294. The maximum Gasteiger partial charge on any atom is 0.149 e. The first kappa shape index (κ1) is 15.1. The van der Waals surface area contributed by atoms with E-state index in [1.165, 1.54) is 6.07 Å². The Morgan fingerprint density at radius 2 is 2.09 bits per heavy atom. The SMILES string of the molecule is CC(C)(O)CN1CNc2cc(-c3cccc(Cl)c3F)ccc21. The van der Waals surface area contributed by atoms with Gasteiger partial charge in [-0.1, -0.05) is 29.8 Å². The van der Waals surface area contributed by atoms with Gasteiger partial charge in [0.05, 0.1) is 28.7 Å². The molecule has 5 heteroatoms. The molecule has 1 heterocycles. The molecule has 0 saturated heterocycles. The van der Waals surface area contributed by atoms with E-state index in [9.17, 15) is 9.50 Å². The van der Waals surface area contributed by atoms with Crippen molar-refractivity contribution in [1.29, 1.82) is 0 Å². The van der Waals surface area contributed by atoms with Gasteiger partial charge in [0.1, 0.15) is 5.82 Å². The molecule has 1 aliphatic rings. The molecule has 0 bridgehead atoms. The van der Waals surface area contributed by atoms with E-state index in [0.717, 1.165) is 16.9 Å². The van der Waals surface area contributed by atoms with Crippen LogP contribution in [0.15, 0.2) is 36.4 Å². The zero-order chi connectivity index (χ0) is 15.9. The first-order valence-electron chi connectivity index (χ1n) is 7.15. The lowest BCUT2D eigenvalue weighted by molar-refractivity contribution is 0.0880. The molecule has 3 nitrogen and oxygen atoms in total. The molecule has 2 aromatic rings. The van der Waals surface area contributed by atoms with Gasteiger partial charge in [-0.25, -0.2) is 4.39 Å². The first-order valence-corrected chi connectivity index (χ1v) is 7.52. The van der Waals surface area contributed by atoms with Gasteiger partial charge in [0, 0.05) is 12.1 Å². The first-order chi connectivity index (χ1) is 10.3. The highest BCUT2D eigenvalue weighted by Crippen LogP contribution is 2.37. The summed E-state index contributed by atoms with van der Waals surface area (Å²) in [5.74, 6) is -0.407.